The number of amides is 2. The summed E-state index contributed by atoms with van der Waals surface area (Å²) in [5.74, 6) is 2.90. The van der Waals surface area contributed by atoms with Crippen molar-refractivity contribution in [3.8, 4) is 23.5 Å². The molecule has 4 rings (SSSR count). The van der Waals surface area contributed by atoms with E-state index < -0.39 is 0 Å². The third kappa shape index (κ3) is 4.73. The predicted molar refractivity (Wildman–Crippen MR) is 117 cm³/mol. The van der Waals surface area contributed by atoms with Crippen molar-refractivity contribution in [2.45, 2.75) is 19.4 Å². The lowest BCUT2D eigenvalue weighted by atomic mass is 10.1. The van der Waals surface area contributed by atoms with Crippen LogP contribution in [0.15, 0.2) is 48.1 Å². The van der Waals surface area contributed by atoms with E-state index >= 15 is 0 Å². The Morgan fingerprint density at radius 1 is 1.17 bits per heavy atom. The van der Waals surface area contributed by atoms with Gasteiger partial charge >= 0.3 is 6.03 Å². The van der Waals surface area contributed by atoms with Crippen molar-refractivity contribution in [3.63, 3.8) is 0 Å². The number of thiazole rings is 1. The maximum Gasteiger partial charge on any atom is 0.320 e. The maximum atomic E-state index is 12.0. The quantitative estimate of drug-likeness (QED) is 0.629. The van der Waals surface area contributed by atoms with Crippen molar-refractivity contribution in [1.82, 2.24) is 15.3 Å². The Kier molecular flexibility index (Phi) is 5.73. The lowest BCUT2D eigenvalue weighted by Crippen LogP contribution is -2.28. The number of hydrogen-bond acceptors (Lipinski definition) is 5. The highest BCUT2D eigenvalue weighted by atomic mass is 32.1. The van der Waals surface area contributed by atoms with E-state index in [-0.39, 0.29) is 6.03 Å². The molecule has 0 unspecified atom stereocenters. The largest absolute Gasteiger partial charge is 0.370 e. The van der Waals surface area contributed by atoms with Crippen molar-refractivity contribution in [1.29, 1.82) is 0 Å². The molecule has 0 bridgehead atoms. The molecule has 6 nitrogen and oxygen atoms in total. The summed E-state index contributed by atoms with van der Waals surface area (Å²) in [6.07, 6.45) is 11.6. The Labute approximate surface area is 174 Å². The molecular formula is C22H21N5OS. The zero-order chi connectivity index (χ0) is 20.1. The smallest absolute Gasteiger partial charge is 0.320 e. The topological polar surface area (TPSA) is 70.1 Å². The van der Waals surface area contributed by atoms with E-state index in [2.05, 4.69) is 49.6 Å². The van der Waals surface area contributed by atoms with Gasteiger partial charge in [-0.1, -0.05) is 24.3 Å². The van der Waals surface area contributed by atoms with Gasteiger partial charge in [-0.15, -0.1) is 17.8 Å². The van der Waals surface area contributed by atoms with Crippen LogP contribution in [0.3, 0.4) is 0 Å². The molecule has 2 N–H and O–H groups in total. The first kappa shape index (κ1) is 19.0. The SMILES string of the molecule is C#Cc1nc(NC(=O)NCc2ccc(-c3cncc(N4CCCC4)c3)cc2)cs1. The predicted octanol–water partition coefficient (Wildman–Crippen LogP) is 4.11. The van der Waals surface area contributed by atoms with Gasteiger partial charge in [0.1, 0.15) is 5.82 Å². The molecule has 29 heavy (non-hydrogen) atoms. The standard InChI is InChI=1S/C22H21N5OS/c1-2-21-25-20(15-29-21)26-22(28)24-12-16-5-7-17(8-6-16)18-11-19(14-23-13-18)27-9-3-4-10-27/h1,5-8,11,13-15H,3-4,9-10,12H2,(H2,24,26,28). The number of urea groups is 1. The molecule has 1 aliphatic heterocycles. The second kappa shape index (κ2) is 8.76. The Hall–Kier alpha value is -3.37. The van der Waals surface area contributed by atoms with Gasteiger partial charge in [0.25, 0.3) is 0 Å². The number of nitrogens with one attached hydrogen (secondary N) is 2. The molecule has 1 aliphatic rings. The summed E-state index contributed by atoms with van der Waals surface area (Å²) >= 11 is 1.32. The van der Waals surface area contributed by atoms with Crippen LogP contribution in [0.2, 0.25) is 0 Å². The Morgan fingerprint density at radius 3 is 2.69 bits per heavy atom. The number of nitrogens with zero attached hydrogens (tertiary/aromatic N) is 3. The molecule has 0 radical (unpaired) electrons. The molecule has 7 heteroatoms. The third-order valence-corrected chi connectivity index (χ3v) is 5.58. The van der Waals surface area contributed by atoms with Gasteiger partial charge in [-0.2, -0.15) is 0 Å². The minimum absolute atomic E-state index is 0.314. The lowest BCUT2D eigenvalue weighted by Gasteiger charge is -2.17. The van der Waals surface area contributed by atoms with E-state index in [9.17, 15) is 4.79 Å². The van der Waals surface area contributed by atoms with Gasteiger partial charge in [0.05, 0.1) is 11.9 Å². The zero-order valence-electron chi connectivity index (χ0n) is 15.9. The summed E-state index contributed by atoms with van der Waals surface area (Å²) in [5.41, 5.74) is 4.39. The third-order valence-electron chi connectivity index (χ3n) is 4.80. The summed E-state index contributed by atoms with van der Waals surface area (Å²) in [6.45, 7) is 2.62. The molecule has 0 spiro atoms. The van der Waals surface area contributed by atoms with E-state index in [1.807, 2.05) is 24.5 Å². The minimum atomic E-state index is -0.314. The fourth-order valence-electron chi connectivity index (χ4n) is 3.29. The summed E-state index contributed by atoms with van der Waals surface area (Å²) in [7, 11) is 0. The number of carbonyl (C=O) groups is 1. The number of benzene rings is 1. The summed E-state index contributed by atoms with van der Waals surface area (Å²) in [4.78, 5) is 22.9. The van der Waals surface area contributed by atoms with E-state index in [4.69, 9.17) is 6.42 Å². The highest BCUT2D eigenvalue weighted by molar-refractivity contribution is 7.10. The number of carbonyl (C=O) groups excluding carboxylic acids is 1. The van der Waals surface area contributed by atoms with Gasteiger partial charge < -0.3 is 10.2 Å². The maximum absolute atomic E-state index is 12.0. The lowest BCUT2D eigenvalue weighted by molar-refractivity contribution is 0.251. The van der Waals surface area contributed by atoms with E-state index in [1.54, 1.807) is 5.38 Å². The van der Waals surface area contributed by atoms with Crippen molar-refractivity contribution < 1.29 is 4.79 Å². The van der Waals surface area contributed by atoms with Crippen molar-refractivity contribution in [3.05, 3.63) is 58.7 Å². The van der Waals surface area contributed by atoms with Gasteiger partial charge in [-0.3, -0.25) is 10.3 Å². The molecule has 3 heterocycles. The summed E-state index contributed by atoms with van der Waals surface area (Å²) in [5, 5.41) is 7.76. The molecule has 0 aliphatic carbocycles. The fraction of sp³-hybridized carbons (Fsp3) is 0.227. The van der Waals surface area contributed by atoms with Gasteiger partial charge in [0.15, 0.2) is 5.01 Å². The molecule has 2 amide bonds. The van der Waals surface area contributed by atoms with Crippen LogP contribution in [0.5, 0.6) is 0 Å². The highest BCUT2D eigenvalue weighted by Gasteiger charge is 2.13. The minimum Gasteiger partial charge on any atom is -0.370 e. The number of pyridine rings is 1. The number of hydrogen-bond donors (Lipinski definition) is 2. The molecule has 0 saturated carbocycles. The number of rotatable bonds is 5. The van der Waals surface area contributed by atoms with Gasteiger partial charge in [-0.05, 0) is 36.0 Å². The van der Waals surface area contributed by atoms with Crippen molar-refractivity contribution in [2.75, 3.05) is 23.3 Å². The first-order valence-corrected chi connectivity index (χ1v) is 10.4. The first-order valence-electron chi connectivity index (χ1n) is 9.47. The normalized spacial score (nSPS) is 13.1. The fourth-order valence-corrected chi connectivity index (χ4v) is 3.84. The van der Waals surface area contributed by atoms with Crippen LogP contribution in [-0.4, -0.2) is 29.1 Å². The van der Waals surface area contributed by atoms with E-state index in [1.165, 1.54) is 29.9 Å². The average Bonchev–Trinajstić information content (AvgIpc) is 3.45. The van der Waals surface area contributed by atoms with Gasteiger partial charge in [-0.25, -0.2) is 9.78 Å². The van der Waals surface area contributed by atoms with Crippen molar-refractivity contribution >= 4 is 28.9 Å². The number of anilines is 2. The van der Waals surface area contributed by atoms with Crippen LogP contribution < -0.4 is 15.5 Å². The van der Waals surface area contributed by atoms with Crippen LogP contribution in [0.4, 0.5) is 16.3 Å². The second-order valence-corrected chi connectivity index (χ2v) is 7.67. The first-order chi connectivity index (χ1) is 14.2. The van der Waals surface area contributed by atoms with Gasteiger partial charge in [0, 0.05) is 36.8 Å². The Balaban J connectivity index is 1.35. The summed E-state index contributed by atoms with van der Waals surface area (Å²) < 4.78 is 0. The average molecular weight is 404 g/mol. The molecule has 3 aromatic rings. The number of aromatic nitrogens is 2. The van der Waals surface area contributed by atoms with Crippen molar-refractivity contribution in [2.24, 2.45) is 0 Å². The molecule has 2 aromatic heterocycles. The summed E-state index contributed by atoms with van der Waals surface area (Å²) in [6, 6.07) is 10.0. The van der Waals surface area contributed by atoms with E-state index in [0.717, 1.165) is 29.8 Å². The molecule has 146 valence electrons. The molecule has 0 atom stereocenters. The van der Waals surface area contributed by atoms with Crippen LogP contribution >= 0.6 is 11.3 Å². The van der Waals surface area contributed by atoms with Crippen LogP contribution in [0.25, 0.3) is 11.1 Å². The Morgan fingerprint density at radius 2 is 1.97 bits per heavy atom. The molecular weight excluding hydrogens is 382 g/mol. The monoisotopic (exact) mass is 403 g/mol. The van der Waals surface area contributed by atoms with Gasteiger partial charge in [0.2, 0.25) is 0 Å². The molecule has 1 saturated heterocycles. The second-order valence-electron chi connectivity index (χ2n) is 6.81. The molecule has 1 aromatic carbocycles. The van der Waals surface area contributed by atoms with Crippen LogP contribution in [0, 0.1) is 12.3 Å². The molecule has 1 fully saturated rings. The van der Waals surface area contributed by atoms with Crippen LogP contribution in [0.1, 0.15) is 23.4 Å². The Bertz CT molecular complexity index is 1030. The zero-order valence-corrected chi connectivity index (χ0v) is 16.7. The van der Waals surface area contributed by atoms with Crippen LogP contribution in [-0.2, 0) is 6.54 Å². The highest BCUT2D eigenvalue weighted by Crippen LogP contribution is 2.26. The van der Waals surface area contributed by atoms with E-state index in [0.29, 0.717) is 17.4 Å². The number of terminal acetylenes is 1.